The Morgan fingerprint density at radius 2 is 2.04 bits per heavy atom. The fourth-order valence-electron chi connectivity index (χ4n) is 4.69. The second-order valence-electron chi connectivity index (χ2n) is 7.87. The van der Waals surface area contributed by atoms with E-state index in [1.54, 1.807) is 6.07 Å². The van der Waals surface area contributed by atoms with Crippen LogP contribution in [0, 0.1) is 18.8 Å². The van der Waals surface area contributed by atoms with Gasteiger partial charge in [-0.3, -0.25) is 0 Å². The minimum atomic E-state index is -0.912. The third-order valence-electron chi connectivity index (χ3n) is 6.13. The highest BCUT2D eigenvalue weighted by Gasteiger charge is 2.66. The largest absolute Gasteiger partial charge is 0.477 e. The summed E-state index contributed by atoms with van der Waals surface area (Å²) in [6.07, 6.45) is 0.897. The summed E-state index contributed by atoms with van der Waals surface area (Å²) in [6.45, 7) is 2.51. The molecule has 3 heterocycles. The first-order valence-corrected chi connectivity index (χ1v) is 9.29. The van der Waals surface area contributed by atoms with Crippen LogP contribution in [0.4, 0.5) is 5.82 Å². The topological polar surface area (TPSA) is 106 Å². The zero-order valence-corrected chi connectivity index (χ0v) is 15.3. The average molecular weight is 378 g/mol. The van der Waals surface area contributed by atoms with Crippen molar-refractivity contribution < 1.29 is 14.3 Å². The molecular formula is C21H20N3O4+. The van der Waals surface area contributed by atoms with Gasteiger partial charge in [-0.25, -0.2) is 9.59 Å². The van der Waals surface area contributed by atoms with Crippen LogP contribution in [0.1, 0.15) is 12.0 Å². The molecule has 7 heteroatoms. The monoisotopic (exact) mass is 378 g/mol. The number of pyridine rings is 1. The first-order valence-electron chi connectivity index (χ1n) is 9.29. The standard InChI is InChI=1S/C21H19N3O4/c1-11-4-2-3-5-13(11)16-9-18(25)28-20-14(16)6-7-17(23-20)24(22)10-12-8-15(12)19(24)21(26)27/h2-7,9,12,15,19H,8,10,22H2,1H3/p+1. The van der Waals surface area contributed by atoms with Crippen molar-refractivity contribution in [3.63, 3.8) is 0 Å². The van der Waals surface area contributed by atoms with Gasteiger partial charge in [0.2, 0.25) is 11.8 Å². The van der Waals surface area contributed by atoms with E-state index in [4.69, 9.17) is 10.3 Å². The number of piperidine rings is 1. The highest BCUT2D eigenvalue weighted by molar-refractivity contribution is 5.93. The van der Waals surface area contributed by atoms with Gasteiger partial charge in [0.15, 0.2) is 0 Å². The molecule has 2 fully saturated rings. The fraction of sp³-hybridized carbons (Fsp3) is 0.286. The number of carboxylic acids is 1. The predicted molar refractivity (Wildman–Crippen MR) is 104 cm³/mol. The van der Waals surface area contributed by atoms with Crippen molar-refractivity contribution in [2.45, 2.75) is 19.4 Å². The molecule has 2 aromatic heterocycles. The summed E-state index contributed by atoms with van der Waals surface area (Å²) in [5, 5.41) is 10.4. The molecule has 5 rings (SSSR count). The summed E-state index contributed by atoms with van der Waals surface area (Å²) < 4.78 is 5.11. The van der Waals surface area contributed by atoms with Gasteiger partial charge in [0.05, 0.1) is 0 Å². The summed E-state index contributed by atoms with van der Waals surface area (Å²) >= 11 is 0. The molecule has 1 aromatic carbocycles. The Kier molecular flexibility index (Phi) is 3.50. The van der Waals surface area contributed by atoms with Crippen molar-refractivity contribution in [2.24, 2.45) is 17.7 Å². The number of nitrogens with two attached hydrogens (primary N) is 1. The van der Waals surface area contributed by atoms with Crippen LogP contribution in [-0.4, -0.2) is 28.6 Å². The van der Waals surface area contributed by atoms with Gasteiger partial charge >= 0.3 is 11.6 Å². The number of aryl methyl sites for hydroxylation is 1. The maximum atomic E-state index is 12.2. The van der Waals surface area contributed by atoms with E-state index in [0.717, 1.165) is 23.1 Å². The number of aliphatic carboxylic acids is 1. The Morgan fingerprint density at radius 3 is 2.79 bits per heavy atom. The molecule has 4 atom stereocenters. The Labute approximate surface area is 160 Å². The average Bonchev–Trinajstić information content (AvgIpc) is 3.31. The van der Waals surface area contributed by atoms with Gasteiger partial charge in [-0.05, 0) is 30.5 Å². The molecule has 1 saturated carbocycles. The van der Waals surface area contributed by atoms with Gasteiger partial charge in [-0.15, -0.1) is 0 Å². The van der Waals surface area contributed by atoms with Gasteiger partial charge in [0.1, 0.15) is 6.54 Å². The number of carboxylic acid groups (broad SMARTS) is 1. The van der Waals surface area contributed by atoms with Crippen LogP contribution in [0.5, 0.6) is 0 Å². The first kappa shape index (κ1) is 17.1. The van der Waals surface area contributed by atoms with Crippen LogP contribution < -0.4 is 16.1 Å². The normalized spacial score (nSPS) is 28.3. The molecule has 28 heavy (non-hydrogen) atoms. The lowest BCUT2D eigenvalue weighted by atomic mass is 9.99. The van der Waals surface area contributed by atoms with Crippen LogP contribution in [0.3, 0.4) is 0 Å². The van der Waals surface area contributed by atoms with E-state index in [-0.39, 0.29) is 16.2 Å². The Hall–Kier alpha value is -3.03. The number of nitrogens with zero attached hydrogens (tertiary/aromatic N) is 2. The number of quaternary nitrogens is 1. The molecule has 3 N–H and O–H groups in total. The van der Waals surface area contributed by atoms with E-state index in [1.807, 2.05) is 37.3 Å². The zero-order chi connectivity index (χ0) is 19.6. The minimum Gasteiger partial charge on any atom is -0.477 e. The molecule has 2 aliphatic rings. The molecule has 1 saturated heterocycles. The van der Waals surface area contributed by atoms with E-state index < -0.39 is 17.6 Å². The van der Waals surface area contributed by atoms with Crippen LogP contribution in [0.25, 0.3) is 22.2 Å². The molecular weight excluding hydrogens is 358 g/mol. The number of carbonyl (C=O) groups is 1. The Bertz CT molecular complexity index is 1190. The summed E-state index contributed by atoms with van der Waals surface area (Å²) in [5.74, 6) is 6.43. The Morgan fingerprint density at radius 1 is 1.25 bits per heavy atom. The lowest BCUT2D eigenvalue weighted by molar-refractivity contribution is -0.142. The Balaban J connectivity index is 1.68. The number of hydrogen-bond acceptors (Lipinski definition) is 5. The molecule has 0 radical (unpaired) electrons. The van der Waals surface area contributed by atoms with Crippen LogP contribution in [0.2, 0.25) is 0 Å². The van der Waals surface area contributed by atoms with E-state index in [2.05, 4.69) is 4.98 Å². The van der Waals surface area contributed by atoms with Gasteiger partial charge in [-0.1, -0.05) is 24.3 Å². The van der Waals surface area contributed by atoms with Crippen molar-refractivity contribution in [3.05, 3.63) is 58.4 Å². The fourth-order valence-corrected chi connectivity index (χ4v) is 4.69. The van der Waals surface area contributed by atoms with Crippen LogP contribution in [0.15, 0.2) is 51.7 Å². The third kappa shape index (κ3) is 2.40. The van der Waals surface area contributed by atoms with Crippen molar-refractivity contribution in [1.29, 1.82) is 0 Å². The SMILES string of the molecule is Cc1ccccc1-c1cc(=O)oc2nc([N+]3(N)CC4CC4C3C(=O)O)ccc12. The van der Waals surface area contributed by atoms with E-state index in [0.29, 0.717) is 23.7 Å². The molecule has 3 aromatic rings. The second kappa shape index (κ2) is 5.73. The second-order valence-corrected chi connectivity index (χ2v) is 7.87. The molecule has 1 aliphatic heterocycles. The molecule has 0 amide bonds. The maximum absolute atomic E-state index is 12.2. The highest BCUT2D eigenvalue weighted by Crippen LogP contribution is 2.53. The minimum absolute atomic E-state index is 0.0882. The zero-order valence-electron chi connectivity index (χ0n) is 15.3. The molecule has 142 valence electrons. The third-order valence-corrected chi connectivity index (χ3v) is 6.13. The van der Waals surface area contributed by atoms with Gasteiger partial charge in [0.25, 0.3) is 5.82 Å². The lowest BCUT2D eigenvalue weighted by Crippen LogP contribution is -2.64. The summed E-state index contributed by atoms with van der Waals surface area (Å²) in [7, 11) is 0. The smallest absolute Gasteiger partial charge is 0.365 e. The van der Waals surface area contributed by atoms with Gasteiger partial charge < -0.3 is 9.52 Å². The first-order chi connectivity index (χ1) is 13.4. The molecule has 1 aliphatic carbocycles. The van der Waals surface area contributed by atoms with Crippen molar-refractivity contribution >= 4 is 22.9 Å². The summed E-state index contributed by atoms with van der Waals surface area (Å²) in [4.78, 5) is 28.5. The van der Waals surface area contributed by atoms with Crippen LogP contribution in [-0.2, 0) is 4.79 Å². The number of rotatable bonds is 3. The quantitative estimate of drug-likeness (QED) is 0.536. The van der Waals surface area contributed by atoms with E-state index in [9.17, 15) is 14.7 Å². The predicted octanol–water partition coefficient (Wildman–Crippen LogP) is 2.45. The molecule has 0 spiro atoms. The van der Waals surface area contributed by atoms with Crippen LogP contribution >= 0.6 is 0 Å². The number of aromatic nitrogens is 1. The number of benzene rings is 1. The lowest BCUT2D eigenvalue weighted by Gasteiger charge is -2.32. The van der Waals surface area contributed by atoms with Gasteiger partial charge in [0, 0.05) is 34.9 Å². The highest BCUT2D eigenvalue weighted by atomic mass is 16.4. The number of hydrogen-bond donors (Lipinski definition) is 2. The van der Waals surface area contributed by atoms with E-state index >= 15 is 0 Å². The number of fused-ring (bicyclic) bond motifs is 2. The molecule has 4 unspecified atom stereocenters. The molecule has 0 bridgehead atoms. The van der Waals surface area contributed by atoms with E-state index in [1.165, 1.54) is 6.07 Å². The maximum Gasteiger partial charge on any atom is 0.365 e. The van der Waals surface area contributed by atoms with Gasteiger partial charge in [-0.2, -0.15) is 15.4 Å². The summed E-state index contributed by atoms with van der Waals surface area (Å²) in [5.41, 5.74) is 2.38. The van der Waals surface area contributed by atoms with Crippen molar-refractivity contribution in [1.82, 2.24) is 9.58 Å². The van der Waals surface area contributed by atoms with Crippen molar-refractivity contribution in [3.8, 4) is 11.1 Å². The van der Waals surface area contributed by atoms with Crippen molar-refractivity contribution in [2.75, 3.05) is 6.54 Å². The molecule has 7 nitrogen and oxygen atoms in total. The summed E-state index contributed by atoms with van der Waals surface area (Å²) in [6, 6.07) is 12.1.